The summed E-state index contributed by atoms with van der Waals surface area (Å²) in [7, 11) is 0. The topological polar surface area (TPSA) is 15.8 Å². The lowest BCUT2D eigenvalue weighted by molar-refractivity contribution is 0.357. The van der Waals surface area contributed by atoms with Gasteiger partial charge in [-0.2, -0.15) is 0 Å². The van der Waals surface area contributed by atoms with Crippen molar-refractivity contribution in [1.82, 2.24) is 4.98 Å². The van der Waals surface area contributed by atoms with E-state index in [1.54, 1.807) is 5.56 Å². The normalized spacial score (nSPS) is 17.2. The van der Waals surface area contributed by atoms with Crippen LogP contribution in [0.15, 0.2) is 24.3 Å². The van der Waals surface area contributed by atoms with Crippen LogP contribution in [-0.4, -0.2) is 4.98 Å². The fraction of sp³-hybridized carbons (Fsp3) is 0.529. The van der Waals surface area contributed by atoms with E-state index in [0.717, 1.165) is 0 Å². The number of aromatic nitrogens is 1. The van der Waals surface area contributed by atoms with E-state index in [9.17, 15) is 0 Å². The summed E-state index contributed by atoms with van der Waals surface area (Å²) in [6.07, 6.45) is 7.86. The molecule has 0 saturated heterocycles. The van der Waals surface area contributed by atoms with E-state index in [4.69, 9.17) is 0 Å². The second kappa shape index (κ2) is 4.46. The molecule has 0 radical (unpaired) electrons. The monoisotopic (exact) mass is 241 g/mol. The first-order chi connectivity index (χ1) is 8.80. The minimum atomic E-state index is 0.457. The molecule has 1 heterocycles. The van der Waals surface area contributed by atoms with Crippen LogP contribution in [0.2, 0.25) is 0 Å². The van der Waals surface area contributed by atoms with Crippen LogP contribution in [0.3, 0.4) is 0 Å². The van der Waals surface area contributed by atoms with E-state index in [1.807, 2.05) is 0 Å². The predicted molar refractivity (Wildman–Crippen MR) is 78.1 cm³/mol. The van der Waals surface area contributed by atoms with Crippen LogP contribution in [0.5, 0.6) is 0 Å². The summed E-state index contributed by atoms with van der Waals surface area (Å²) < 4.78 is 0. The number of aromatic amines is 1. The summed E-state index contributed by atoms with van der Waals surface area (Å²) in [4.78, 5) is 3.65. The zero-order valence-electron chi connectivity index (χ0n) is 11.6. The molecule has 0 amide bonds. The van der Waals surface area contributed by atoms with E-state index >= 15 is 0 Å². The largest absolute Gasteiger partial charge is 0.358 e. The number of para-hydroxylation sites is 1. The zero-order chi connectivity index (χ0) is 12.6. The van der Waals surface area contributed by atoms with Crippen LogP contribution in [0.25, 0.3) is 10.9 Å². The van der Waals surface area contributed by atoms with Crippen molar-refractivity contribution in [3.05, 3.63) is 35.5 Å². The predicted octanol–water partition coefficient (Wildman–Crippen LogP) is 4.95. The quantitative estimate of drug-likeness (QED) is 0.779. The van der Waals surface area contributed by atoms with Gasteiger partial charge in [0.25, 0.3) is 0 Å². The van der Waals surface area contributed by atoms with Crippen LogP contribution in [0.1, 0.15) is 57.2 Å². The number of aryl methyl sites for hydroxylation is 1. The molecule has 1 heteroatoms. The maximum atomic E-state index is 3.65. The molecule has 0 fully saturated rings. The van der Waals surface area contributed by atoms with Gasteiger partial charge in [0.15, 0.2) is 0 Å². The summed E-state index contributed by atoms with van der Waals surface area (Å²) in [6, 6.07) is 8.83. The van der Waals surface area contributed by atoms with Crippen molar-refractivity contribution < 1.29 is 0 Å². The average molecular weight is 241 g/mol. The molecule has 96 valence electrons. The first kappa shape index (κ1) is 11.8. The van der Waals surface area contributed by atoms with Crippen molar-refractivity contribution in [3.63, 3.8) is 0 Å². The minimum Gasteiger partial charge on any atom is -0.358 e. The van der Waals surface area contributed by atoms with Crippen LogP contribution in [-0.2, 0) is 11.8 Å². The highest BCUT2D eigenvalue weighted by molar-refractivity contribution is 5.86. The highest BCUT2D eigenvalue weighted by Gasteiger charge is 2.39. The number of rotatable bonds is 4. The van der Waals surface area contributed by atoms with Gasteiger partial charge in [0.1, 0.15) is 0 Å². The van der Waals surface area contributed by atoms with Crippen molar-refractivity contribution in [2.75, 3.05) is 0 Å². The Morgan fingerprint density at radius 2 is 1.83 bits per heavy atom. The molecular weight excluding hydrogens is 218 g/mol. The Bertz CT molecular complexity index is 544. The van der Waals surface area contributed by atoms with Crippen molar-refractivity contribution in [3.8, 4) is 0 Å². The molecule has 0 bridgehead atoms. The summed E-state index contributed by atoms with van der Waals surface area (Å²) >= 11 is 0. The maximum absolute atomic E-state index is 3.65. The molecule has 0 saturated carbocycles. The molecule has 2 aromatic rings. The molecular formula is C17H23N. The SMILES string of the molecule is CCCC1(CCC)CCc2[nH]c3ccccc3c21. The van der Waals surface area contributed by atoms with Gasteiger partial charge in [-0.25, -0.2) is 0 Å². The Balaban J connectivity index is 2.18. The third-order valence-corrected chi connectivity index (χ3v) is 4.62. The summed E-state index contributed by atoms with van der Waals surface area (Å²) in [6.45, 7) is 4.65. The number of H-pyrrole nitrogens is 1. The summed E-state index contributed by atoms with van der Waals surface area (Å²) in [5, 5.41) is 1.48. The molecule has 0 atom stereocenters. The van der Waals surface area contributed by atoms with Gasteiger partial charge >= 0.3 is 0 Å². The smallest absolute Gasteiger partial charge is 0.0459 e. The Kier molecular flexibility index (Phi) is 2.93. The highest BCUT2D eigenvalue weighted by Crippen LogP contribution is 2.48. The Morgan fingerprint density at radius 3 is 2.56 bits per heavy atom. The standard InChI is InChI=1S/C17H23N/c1-3-10-17(11-4-2)12-9-15-16(17)13-7-5-6-8-14(13)18-15/h5-8,18H,3-4,9-12H2,1-2H3. The minimum absolute atomic E-state index is 0.457. The van der Waals surface area contributed by atoms with Crippen molar-refractivity contribution in [2.24, 2.45) is 0 Å². The van der Waals surface area contributed by atoms with Crippen LogP contribution < -0.4 is 0 Å². The Morgan fingerprint density at radius 1 is 1.11 bits per heavy atom. The lowest BCUT2D eigenvalue weighted by atomic mass is 9.74. The van der Waals surface area contributed by atoms with Gasteiger partial charge in [-0.3, -0.25) is 0 Å². The molecule has 0 aliphatic heterocycles. The van der Waals surface area contributed by atoms with Gasteiger partial charge in [0.2, 0.25) is 0 Å². The average Bonchev–Trinajstić information content (AvgIpc) is 2.89. The zero-order valence-corrected chi connectivity index (χ0v) is 11.6. The first-order valence-corrected chi connectivity index (χ1v) is 7.41. The number of fused-ring (bicyclic) bond motifs is 3. The van der Waals surface area contributed by atoms with Crippen LogP contribution in [0, 0.1) is 0 Å². The second-order valence-electron chi connectivity index (χ2n) is 5.80. The molecule has 1 aromatic heterocycles. The molecule has 1 nitrogen and oxygen atoms in total. The van der Waals surface area contributed by atoms with E-state index < -0.39 is 0 Å². The fourth-order valence-electron chi connectivity index (χ4n) is 4.06. The van der Waals surface area contributed by atoms with Crippen molar-refractivity contribution in [2.45, 2.75) is 57.8 Å². The number of hydrogen-bond acceptors (Lipinski definition) is 0. The molecule has 18 heavy (non-hydrogen) atoms. The van der Waals surface area contributed by atoms with Gasteiger partial charge in [-0.15, -0.1) is 0 Å². The third kappa shape index (κ3) is 1.60. The highest BCUT2D eigenvalue weighted by atomic mass is 14.7. The van der Waals surface area contributed by atoms with E-state index in [1.165, 1.54) is 55.1 Å². The molecule has 3 rings (SSSR count). The number of nitrogens with one attached hydrogen (secondary N) is 1. The Labute approximate surface area is 110 Å². The number of hydrogen-bond donors (Lipinski definition) is 1. The lowest BCUT2D eigenvalue weighted by Gasteiger charge is -2.29. The fourth-order valence-corrected chi connectivity index (χ4v) is 4.06. The van der Waals surface area contributed by atoms with E-state index in [-0.39, 0.29) is 0 Å². The molecule has 1 aliphatic carbocycles. The molecule has 1 aliphatic rings. The molecule has 1 N–H and O–H groups in total. The van der Waals surface area contributed by atoms with Crippen LogP contribution >= 0.6 is 0 Å². The van der Waals surface area contributed by atoms with Gasteiger partial charge in [0, 0.05) is 16.6 Å². The van der Waals surface area contributed by atoms with E-state index in [2.05, 4.69) is 43.1 Å². The van der Waals surface area contributed by atoms with Gasteiger partial charge in [-0.05, 0) is 42.7 Å². The second-order valence-corrected chi connectivity index (χ2v) is 5.80. The molecule has 1 aromatic carbocycles. The van der Waals surface area contributed by atoms with Crippen LogP contribution in [0.4, 0.5) is 0 Å². The lowest BCUT2D eigenvalue weighted by Crippen LogP contribution is -2.22. The Hall–Kier alpha value is -1.24. The molecule has 0 spiro atoms. The molecule has 0 unspecified atom stereocenters. The van der Waals surface area contributed by atoms with Crippen molar-refractivity contribution >= 4 is 10.9 Å². The van der Waals surface area contributed by atoms with Gasteiger partial charge in [0.05, 0.1) is 0 Å². The van der Waals surface area contributed by atoms with Gasteiger partial charge in [-0.1, -0.05) is 44.9 Å². The first-order valence-electron chi connectivity index (χ1n) is 7.41. The van der Waals surface area contributed by atoms with Crippen molar-refractivity contribution in [1.29, 1.82) is 0 Å². The number of benzene rings is 1. The summed E-state index contributed by atoms with van der Waals surface area (Å²) in [5.41, 5.74) is 4.96. The summed E-state index contributed by atoms with van der Waals surface area (Å²) in [5.74, 6) is 0. The maximum Gasteiger partial charge on any atom is 0.0459 e. The van der Waals surface area contributed by atoms with Gasteiger partial charge < -0.3 is 4.98 Å². The van der Waals surface area contributed by atoms with E-state index in [0.29, 0.717) is 5.41 Å². The third-order valence-electron chi connectivity index (χ3n) is 4.62.